The van der Waals surface area contributed by atoms with Crippen LogP contribution in [0.2, 0.25) is 5.02 Å². The van der Waals surface area contributed by atoms with Gasteiger partial charge in [-0.25, -0.2) is 0 Å². The first-order chi connectivity index (χ1) is 9.61. The summed E-state index contributed by atoms with van der Waals surface area (Å²) in [5.41, 5.74) is 1.63. The van der Waals surface area contributed by atoms with E-state index in [2.05, 4.69) is 43.8 Å². The van der Waals surface area contributed by atoms with Gasteiger partial charge in [-0.2, -0.15) is 0 Å². The maximum absolute atomic E-state index is 12.3. The fourth-order valence-corrected chi connectivity index (χ4v) is 2.83. The topological polar surface area (TPSA) is 29.1 Å². The Morgan fingerprint density at radius 1 is 1.25 bits per heavy atom. The number of halogens is 3. The Bertz CT molecular complexity index is 606. The van der Waals surface area contributed by atoms with Crippen molar-refractivity contribution in [1.29, 1.82) is 0 Å². The zero-order valence-corrected chi connectivity index (χ0v) is 14.9. The first-order valence-electron chi connectivity index (χ1n) is 5.98. The fourth-order valence-electron chi connectivity index (χ4n) is 1.78. The molecule has 0 aliphatic carbocycles. The van der Waals surface area contributed by atoms with E-state index >= 15 is 0 Å². The molecule has 5 heteroatoms. The van der Waals surface area contributed by atoms with E-state index in [-0.39, 0.29) is 11.9 Å². The molecule has 2 aromatic carbocycles. The lowest BCUT2D eigenvalue weighted by Gasteiger charge is -2.17. The van der Waals surface area contributed by atoms with Gasteiger partial charge in [0, 0.05) is 14.5 Å². The molecule has 2 nitrogen and oxygen atoms in total. The van der Waals surface area contributed by atoms with Gasteiger partial charge in [-0.15, -0.1) is 0 Å². The van der Waals surface area contributed by atoms with Crippen LogP contribution in [-0.4, -0.2) is 11.2 Å². The third-order valence-electron chi connectivity index (χ3n) is 2.84. The molecular weight excluding hydrogens is 452 g/mol. The smallest absolute Gasteiger partial charge is 0.251 e. The Morgan fingerprint density at radius 3 is 2.55 bits per heavy atom. The summed E-state index contributed by atoms with van der Waals surface area (Å²) in [7, 11) is 0. The van der Waals surface area contributed by atoms with Gasteiger partial charge < -0.3 is 5.32 Å². The Labute approximate surface area is 145 Å². The number of amides is 1. The van der Waals surface area contributed by atoms with Gasteiger partial charge in [-0.3, -0.25) is 4.79 Å². The van der Waals surface area contributed by atoms with E-state index in [0.717, 1.165) is 9.13 Å². The zero-order chi connectivity index (χ0) is 14.5. The molecule has 1 N–H and O–H groups in total. The molecule has 0 bridgehead atoms. The summed E-state index contributed by atoms with van der Waals surface area (Å²) < 4.78 is 0.931. The highest BCUT2D eigenvalue weighted by Crippen LogP contribution is 2.21. The highest BCUT2D eigenvalue weighted by atomic mass is 127. The van der Waals surface area contributed by atoms with Gasteiger partial charge in [0.15, 0.2) is 0 Å². The number of benzene rings is 2. The lowest BCUT2D eigenvalue weighted by atomic mass is 10.1. The van der Waals surface area contributed by atoms with Crippen molar-refractivity contribution in [3.8, 4) is 0 Å². The van der Waals surface area contributed by atoms with Crippen molar-refractivity contribution in [2.45, 2.75) is 6.04 Å². The van der Waals surface area contributed by atoms with E-state index in [1.807, 2.05) is 36.4 Å². The third kappa shape index (κ3) is 3.96. The molecule has 0 spiro atoms. The van der Waals surface area contributed by atoms with Crippen LogP contribution in [0.3, 0.4) is 0 Å². The average molecular weight is 465 g/mol. The number of carbonyl (C=O) groups excluding carboxylic acids is 1. The summed E-state index contributed by atoms with van der Waals surface area (Å²) >= 11 is 11.6. The van der Waals surface area contributed by atoms with Gasteiger partial charge in [-0.1, -0.05) is 57.9 Å². The van der Waals surface area contributed by atoms with Crippen molar-refractivity contribution in [3.05, 3.63) is 68.3 Å². The van der Waals surface area contributed by atoms with E-state index in [1.165, 1.54) is 0 Å². The molecule has 1 atom stereocenters. The zero-order valence-electron chi connectivity index (χ0n) is 10.4. The minimum atomic E-state index is -0.128. The number of hydrogen-bond acceptors (Lipinski definition) is 1. The summed E-state index contributed by atoms with van der Waals surface area (Å²) in [6, 6.07) is 15.1. The van der Waals surface area contributed by atoms with E-state index < -0.39 is 0 Å². The second kappa shape index (κ2) is 7.43. The number of carbonyl (C=O) groups is 1. The SMILES string of the molecule is O=C(NC(CBr)c1ccccc1)c1ccc(I)c(Cl)c1. The molecule has 2 aromatic rings. The Morgan fingerprint density at radius 2 is 1.95 bits per heavy atom. The van der Waals surface area contributed by atoms with Crippen LogP contribution in [0.4, 0.5) is 0 Å². The lowest BCUT2D eigenvalue weighted by molar-refractivity contribution is 0.0941. The normalized spacial score (nSPS) is 11.9. The second-order valence-corrected chi connectivity index (χ2v) is 6.44. The molecule has 0 aromatic heterocycles. The predicted octanol–water partition coefficient (Wildman–Crippen LogP) is 4.81. The van der Waals surface area contributed by atoms with E-state index in [1.54, 1.807) is 12.1 Å². The van der Waals surface area contributed by atoms with Gasteiger partial charge in [0.2, 0.25) is 0 Å². The van der Waals surface area contributed by atoms with Crippen molar-refractivity contribution in [1.82, 2.24) is 5.32 Å². The maximum atomic E-state index is 12.3. The van der Waals surface area contributed by atoms with E-state index in [4.69, 9.17) is 11.6 Å². The Hall–Kier alpha value is -0.590. The van der Waals surface area contributed by atoms with Crippen LogP contribution in [0.15, 0.2) is 48.5 Å². The molecule has 0 saturated heterocycles. The van der Waals surface area contributed by atoms with Gasteiger partial charge in [0.1, 0.15) is 0 Å². The molecule has 0 aliphatic heterocycles. The van der Waals surface area contributed by atoms with Crippen molar-refractivity contribution in [2.75, 3.05) is 5.33 Å². The van der Waals surface area contributed by atoms with Crippen LogP contribution >= 0.6 is 50.1 Å². The predicted molar refractivity (Wildman–Crippen MR) is 94.6 cm³/mol. The molecule has 20 heavy (non-hydrogen) atoms. The summed E-state index contributed by atoms with van der Waals surface area (Å²) in [5.74, 6) is -0.128. The molecule has 104 valence electrons. The molecule has 0 heterocycles. The van der Waals surface area contributed by atoms with E-state index in [0.29, 0.717) is 15.9 Å². The summed E-state index contributed by atoms with van der Waals surface area (Å²) in [6.07, 6.45) is 0. The lowest BCUT2D eigenvalue weighted by Crippen LogP contribution is -2.29. The first-order valence-corrected chi connectivity index (χ1v) is 8.56. The van der Waals surface area contributed by atoms with Crippen LogP contribution in [0.5, 0.6) is 0 Å². The van der Waals surface area contributed by atoms with Crippen molar-refractivity contribution < 1.29 is 4.79 Å². The van der Waals surface area contributed by atoms with Crippen LogP contribution in [0.25, 0.3) is 0 Å². The van der Waals surface area contributed by atoms with Gasteiger partial charge in [0.25, 0.3) is 5.91 Å². The van der Waals surface area contributed by atoms with Crippen LogP contribution in [0, 0.1) is 3.57 Å². The average Bonchev–Trinajstić information content (AvgIpc) is 2.48. The monoisotopic (exact) mass is 463 g/mol. The number of nitrogens with one attached hydrogen (secondary N) is 1. The highest BCUT2D eigenvalue weighted by molar-refractivity contribution is 14.1. The highest BCUT2D eigenvalue weighted by Gasteiger charge is 2.15. The van der Waals surface area contributed by atoms with Crippen molar-refractivity contribution in [2.24, 2.45) is 0 Å². The molecule has 2 rings (SSSR count). The van der Waals surface area contributed by atoms with Crippen LogP contribution < -0.4 is 5.32 Å². The number of rotatable bonds is 4. The summed E-state index contributed by atoms with van der Waals surface area (Å²) in [6.45, 7) is 0. The maximum Gasteiger partial charge on any atom is 0.251 e. The minimum absolute atomic E-state index is 0.0678. The van der Waals surface area contributed by atoms with Gasteiger partial charge in [0.05, 0.1) is 11.1 Å². The molecule has 0 fully saturated rings. The number of alkyl halides is 1. The van der Waals surface area contributed by atoms with Crippen LogP contribution in [0.1, 0.15) is 22.0 Å². The molecule has 1 amide bonds. The van der Waals surface area contributed by atoms with Gasteiger partial charge in [-0.05, 0) is 46.4 Å². The van der Waals surface area contributed by atoms with Crippen molar-refractivity contribution in [3.63, 3.8) is 0 Å². The third-order valence-corrected chi connectivity index (χ3v) is 5.06. The standard InChI is InChI=1S/C15H12BrClINO/c16-9-14(10-4-2-1-3-5-10)19-15(20)11-6-7-13(18)12(17)8-11/h1-8,14H,9H2,(H,19,20). The van der Waals surface area contributed by atoms with Gasteiger partial charge >= 0.3 is 0 Å². The first kappa shape index (κ1) is 15.8. The number of hydrogen-bond donors (Lipinski definition) is 1. The van der Waals surface area contributed by atoms with Crippen LogP contribution in [-0.2, 0) is 0 Å². The molecule has 0 saturated carbocycles. The molecule has 0 radical (unpaired) electrons. The van der Waals surface area contributed by atoms with E-state index in [9.17, 15) is 4.79 Å². The molecule has 1 unspecified atom stereocenters. The summed E-state index contributed by atoms with van der Waals surface area (Å²) in [4.78, 5) is 12.3. The Kier molecular flexibility index (Phi) is 5.86. The Balaban J connectivity index is 2.15. The minimum Gasteiger partial charge on any atom is -0.344 e. The molecular formula is C15H12BrClINO. The molecule has 0 aliphatic rings. The largest absolute Gasteiger partial charge is 0.344 e. The second-order valence-electron chi connectivity index (χ2n) is 4.22. The van der Waals surface area contributed by atoms with Crippen molar-refractivity contribution >= 4 is 56.0 Å². The fraction of sp³-hybridized carbons (Fsp3) is 0.133. The quantitative estimate of drug-likeness (QED) is 0.511. The summed E-state index contributed by atoms with van der Waals surface area (Å²) in [5, 5.41) is 4.24.